The predicted octanol–water partition coefficient (Wildman–Crippen LogP) is 5.70. The highest BCUT2D eigenvalue weighted by molar-refractivity contribution is 9.11. The zero-order valence-electron chi connectivity index (χ0n) is 11.3. The molecule has 0 saturated carbocycles. The Morgan fingerprint density at radius 2 is 2.15 bits per heavy atom. The number of benzene rings is 1. The van der Waals surface area contributed by atoms with Crippen LogP contribution in [-0.4, -0.2) is 6.54 Å². The quantitative estimate of drug-likeness (QED) is 0.705. The van der Waals surface area contributed by atoms with Gasteiger partial charge in [-0.3, -0.25) is 0 Å². The number of halogens is 3. The van der Waals surface area contributed by atoms with Crippen LogP contribution in [0.25, 0.3) is 0 Å². The molecule has 1 N–H and O–H groups in total. The molecule has 0 amide bonds. The molecule has 20 heavy (non-hydrogen) atoms. The Kier molecular flexibility index (Phi) is 5.61. The molecule has 0 spiro atoms. The van der Waals surface area contributed by atoms with Crippen LogP contribution >= 0.6 is 38.9 Å². The third kappa shape index (κ3) is 3.61. The normalized spacial score (nSPS) is 12.7. The van der Waals surface area contributed by atoms with Crippen molar-refractivity contribution in [2.45, 2.75) is 26.3 Å². The number of rotatable bonds is 5. The van der Waals surface area contributed by atoms with Crippen LogP contribution in [-0.2, 0) is 0 Å². The summed E-state index contributed by atoms with van der Waals surface area (Å²) < 4.78 is 14.8. The number of hydrogen-bond donors (Lipinski definition) is 1. The maximum atomic E-state index is 13.7. The summed E-state index contributed by atoms with van der Waals surface area (Å²) in [6, 6.07) is 7.10. The van der Waals surface area contributed by atoms with E-state index in [0.717, 1.165) is 22.3 Å². The largest absolute Gasteiger partial charge is 0.306 e. The van der Waals surface area contributed by atoms with Gasteiger partial charge in [-0.1, -0.05) is 24.6 Å². The molecule has 5 heteroatoms. The van der Waals surface area contributed by atoms with Gasteiger partial charge in [0.25, 0.3) is 0 Å². The molecule has 1 aromatic carbocycles. The molecule has 1 nitrogen and oxygen atoms in total. The second-order valence-corrected chi connectivity index (χ2v) is 7.67. The maximum absolute atomic E-state index is 13.7. The summed E-state index contributed by atoms with van der Waals surface area (Å²) >= 11 is 11.0. The van der Waals surface area contributed by atoms with Gasteiger partial charge in [0, 0.05) is 4.88 Å². The monoisotopic (exact) mass is 375 g/mol. The first kappa shape index (κ1) is 16.0. The lowest BCUT2D eigenvalue weighted by Crippen LogP contribution is -2.23. The molecule has 0 bridgehead atoms. The van der Waals surface area contributed by atoms with Gasteiger partial charge in [0.15, 0.2) is 0 Å². The Labute approximate surface area is 136 Å². The minimum Gasteiger partial charge on any atom is -0.306 e. The van der Waals surface area contributed by atoms with E-state index in [9.17, 15) is 4.39 Å². The molecular formula is C15H16BrClFNS. The average molecular weight is 377 g/mol. The minimum atomic E-state index is -0.376. The highest BCUT2D eigenvalue weighted by Gasteiger charge is 2.18. The van der Waals surface area contributed by atoms with Crippen molar-refractivity contribution in [2.24, 2.45) is 0 Å². The van der Waals surface area contributed by atoms with Crippen molar-refractivity contribution in [2.75, 3.05) is 6.54 Å². The Bertz CT molecular complexity index is 600. The van der Waals surface area contributed by atoms with Gasteiger partial charge < -0.3 is 5.32 Å². The van der Waals surface area contributed by atoms with E-state index in [1.54, 1.807) is 17.4 Å². The summed E-state index contributed by atoms with van der Waals surface area (Å²) in [5.74, 6) is -0.376. The van der Waals surface area contributed by atoms with E-state index in [0.29, 0.717) is 0 Å². The van der Waals surface area contributed by atoms with E-state index in [1.165, 1.54) is 16.5 Å². The second kappa shape index (κ2) is 7.03. The zero-order valence-corrected chi connectivity index (χ0v) is 14.5. The van der Waals surface area contributed by atoms with Gasteiger partial charge in [0.2, 0.25) is 0 Å². The van der Waals surface area contributed by atoms with Crippen LogP contribution in [0, 0.1) is 12.7 Å². The van der Waals surface area contributed by atoms with E-state index < -0.39 is 0 Å². The lowest BCUT2D eigenvalue weighted by molar-refractivity contribution is 0.585. The lowest BCUT2D eigenvalue weighted by Gasteiger charge is -2.19. The van der Waals surface area contributed by atoms with E-state index in [1.807, 2.05) is 6.07 Å². The van der Waals surface area contributed by atoms with Crippen LogP contribution in [0.1, 0.15) is 35.4 Å². The maximum Gasteiger partial charge on any atom is 0.142 e. The van der Waals surface area contributed by atoms with Crippen molar-refractivity contribution in [1.82, 2.24) is 5.32 Å². The first-order chi connectivity index (χ1) is 9.52. The molecule has 0 radical (unpaired) electrons. The molecular weight excluding hydrogens is 361 g/mol. The fraction of sp³-hybridized carbons (Fsp3) is 0.333. The Balaban J connectivity index is 2.41. The fourth-order valence-electron chi connectivity index (χ4n) is 2.13. The summed E-state index contributed by atoms with van der Waals surface area (Å²) in [4.78, 5) is 1.22. The number of thiophene rings is 1. The van der Waals surface area contributed by atoms with Crippen molar-refractivity contribution in [3.05, 3.63) is 54.9 Å². The second-order valence-electron chi connectivity index (χ2n) is 4.62. The standard InChI is InChI=1S/C15H16BrClFNS/c1-3-6-19-15(11-8-14(16)20-9(11)2)10-4-5-12(17)13(18)7-10/h4-5,7-8,15,19H,3,6H2,1-2H3. The summed E-state index contributed by atoms with van der Waals surface area (Å²) in [5.41, 5.74) is 2.07. The van der Waals surface area contributed by atoms with Crippen LogP contribution in [0.5, 0.6) is 0 Å². The number of aryl methyl sites for hydroxylation is 1. The van der Waals surface area contributed by atoms with Crippen molar-refractivity contribution in [3.63, 3.8) is 0 Å². The summed E-state index contributed by atoms with van der Waals surface area (Å²) in [6.45, 7) is 5.07. The van der Waals surface area contributed by atoms with E-state index >= 15 is 0 Å². The third-order valence-electron chi connectivity index (χ3n) is 3.11. The Hall–Kier alpha value is -0.420. The minimum absolute atomic E-state index is 0.00994. The van der Waals surface area contributed by atoms with Gasteiger partial charge in [-0.05, 0) is 65.1 Å². The van der Waals surface area contributed by atoms with Gasteiger partial charge in [0.05, 0.1) is 14.9 Å². The van der Waals surface area contributed by atoms with E-state index in [2.05, 4.69) is 41.2 Å². The SMILES string of the molecule is CCCNC(c1ccc(Cl)c(F)c1)c1cc(Br)sc1C. The Morgan fingerprint density at radius 3 is 2.70 bits per heavy atom. The van der Waals surface area contributed by atoms with Gasteiger partial charge >= 0.3 is 0 Å². The van der Waals surface area contributed by atoms with Crippen LogP contribution in [0.3, 0.4) is 0 Å². The molecule has 108 valence electrons. The molecule has 2 rings (SSSR count). The highest BCUT2D eigenvalue weighted by atomic mass is 79.9. The smallest absolute Gasteiger partial charge is 0.142 e. The van der Waals surface area contributed by atoms with Gasteiger partial charge in [0.1, 0.15) is 5.82 Å². The summed E-state index contributed by atoms with van der Waals surface area (Å²) in [5, 5.41) is 3.64. The van der Waals surface area contributed by atoms with Crippen LogP contribution < -0.4 is 5.32 Å². The highest BCUT2D eigenvalue weighted by Crippen LogP contribution is 2.34. The molecule has 0 aliphatic rings. The molecule has 1 atom stereocenters. The topological polar surface area (TPSA) is 12.0 Å². The average Bonchev–Trinajstić information content (AvgIpc) is 2.73. The van der Waals surface area contributed by atoms with Gasteiger partial charge in [-0.2, -0.15) is 0 Å². The first-order valence-electron chi connectivity index (χ1n) is 6.47. The van der Waals surface area contributed by atoms with Crippen LogP contribution in [0.15, 0.2) is 28.1 Å². The summed E-state index contributed by atoms with van der Waals surface area (Å²) in [6.07, 6.45) is 1.02. The summed E-state index contributed by atoms with van der Waals surface area (Å²) in [7, 11) is 0. The predicted molar refractivity (Wildman–Crippen MR) is 88.3 cm³/mol. The van der Waals surface area contributed by atoms with E-state index in [-0.39, 0.29) is 16.9 Å². The van der Waals surface area contributed by atoms with Crippen molar-refractivity contribution in [3.8, 4) is 0 Å². The molecule has 1 heterocycles. The molecule has 0 fully saturated rings. The van der Waals surface area contributed by atoms with Gasteiger partial charge in [-0.25, -0.2) is 4.39 Å². The first-order valence-corrected chi connectivity index (χ1v) is 8.45. The fourth-order valence-corrected chi connectivity index (χ4v) is 4.00. The zero-order chi connectivity index (χ0) is 14.7. The number of nitrogens with one attached hydrogen (secondary N) is 1. The van der Waals surface area contributed by atoms with Crippen LogP contribution in [0.2, 0.25) is 5.02 Å². The molecule has 2 aromatic rings. The lowest BCUT2D eigenvalue weighted by atomic mass is 9.99. The molecule has 0 saturated heterocycles. The van der Waals surface area contributed by atoms with E-state index in [4.69, 9.17) is 11.6 Å². The molecule has 0 aliphatic heterocycles. The molecule has 1 unspecified atom stereocenters. The third-order valence-corrected chi connectivity index (χ3v) is 4.99. The van der Waals surface area contributed by atoms with Gasteiger partial charge in [-0.15, -0.1) is 11.3 Å². The van der Waals surface area contributed by atoms with Crippen molar-refractivity contribution in [1.29, 1.82) is 0 Å². The van der Waals surface area contributed by atoms with Crippen LogP contribution in [0.4, 0.5) is 4.39 Å². The Morgan fingerprint density at radius 1 is 1.40 bits per heavy atom. The van der Waals surface area contributed by atoms with Crippen molar-refractivity contribution < 1.29 is 4.39 Å². The molecule has 1 aromatic heterocycles. The number of hydrogen-bond acceptors (Lipinski definition) is 2. The van der Waals surface area contributed by atoms with Crippen molar-refractivity contribution >= 4 is 38.9 Å². The molecule has 0 aliphatic carbocycles.